The monoisotopic (exact) mass is 1330 g/mol. The van der Waals surface area contributed by atoms with Crippen LogP contribution in [0.25, 0.3) is 0 Å². The first-order valence-electron chi connectivity index (χ1n) is 23.4. The van der Waals surface area contributed by atoms with Gasteiger partial charge in [0.2, 0.25) is 0 Å². The Morgan fingerprint density at radius 2 is 0.469 bits per heavy atom. The Morgan fingerprint density at radius 1 is 0.309 bits per heavy atom. The van der Waals surface area contributed by atoms with E-state index in [4.69, 9.17) is 0 Å². The van der Waals surface area contributed by atoms with Crippen molar-refractivity contribution in [3.63, 3.8) is 0 Å². The number of rotatable bonds is 10. The zero-order valence-electron chi connectivity index (χ0n) is 43.4. The molecular formula is C51H50BF25NP2Rh+. The minimum atomic E-state index is -6.13. The van der Waals surface area contributed by atoms with Crippen LogP contribution in [0.2, 0.25) is 0 Å². The van der Waals surface area contributed by atoms with Crippen LogP contribution in [0.1, 0.15) is 99.9 Å². The molecule has 0 spiro atoms. The van der Waals surface area contributed by atoms with Gasteiger partial charge in [-0.25, -0.2) is 4.39 Å². The molecular weight excluding hydrogens is 1280 g/mol. The summed E-state index contributed by atoms with van der Waals surface area (Å²) in [6, 6.07) is -0.872. The zero-order chi connectivity index (χ0) is 62.1. The normalized spacial score (nSPS) is 13.5. The molecule has 0 aliphatic rings. The van der Waals surface area contributed by atoms with E-state index in [1.165, 1.54) is 12.1 Å². The van der Waals surface area contributed by atoms with E-state index in [9.17, 15) is 110 Å². The van der Waals surface area contributed by atoms with Crippen LogP contribution in [0.15, 0.2) is 103 Å². The molecule has 0 amide bonds. The average molecular weight is 1330 g/mol. The van der Waals surface area contributed by atoms with Gasteiger partial charge in [0.25, 0.3) is 0 Å². The summed E-state index contributed by atoms with van der Waals surface area (Å²) in [5, 5.41) is 0. The van der Waals surface area contributed by atoms with Gasteiger partial charge in [-0.2, -0.15) is 127 Å². The van der Waals surface area contributed by atoms with Crippen molar-refractivity contribution in [2.75, 3.05) is 7.05 Å². The molecule has 30 heteroatoms. The second-order valence-corrected chi connectivity index (χ2v) is 27.7. The van der Waals surface area contributed by atoms with Crippen molar-refractivity contribution in [2.45, 2.75) is 127 Å². The Bertz CT molecular complexity index is 2370. The van der Waals surface area contributed by atoms with Crippen molar-refractivity contribution in [3.8, 4) is 0 Å². The molecule has 0 N–H and O–H groups in total. The van der Waals surface area contributed by atoms with Crippen LogP contribution in [0.4, 0.5) is 110 Å². The van der Waals surface area contributed by atoms with Gasteiger partial charge in [0, 0.05) is 19.5 Å². The first-order chi connectivity index (χ1) is 35.9. The van der Waals surface area contributed by atoms with Gasteiger partial charge < -0.3 is 0 Å². The fourth-order valence-electron chi connectivity index (χ4n) is 9.52. The third-order valence-corrected chi connectivity index (χ3v) is 20.1. The van der Waals surface area contributed by atoms with E-state index in [1.54, 1.807) is 18.2 Å². The van der Waals surface area contributed by atoms with E-state index in [-0.39, 0.29) is 41.4 Å². The molecule has 0 aliphatic heterocycles. The van der Waals surface area contributed by atoms with Gasteiger partial charge in [0.1, 0.15) is 28.1 Å². The quantitative estimate of drug-likeness (QED) is 0.0765. The van der Waals surface area contributed by atoms with Crippen LogP contribution < -0.4 is 21.9 Å². The van der Waals surface area contributed by atoms with Crippen LogP contribution in [0.3, 0.4) is 0 Å². The molecule has 0 aromatic heterocycles. The molecule has 0 aliphatic carbocycles. The largest absolute Gasteiger partial charge is 0.416 e. The summed E-state index contributed by atoms with van der Waals surface area (Å²) in [5.74, 6) is -0.178. The first-order valence-corrected chi connectivity index (χ1v) is 26.6. The number of alkyl halides is 24. The maximum absolute atomic E-state index is 14.2. The van der Waals surface area contributed by atoms with Crippen LogP contribution in [0, 0.1) is 5.82 Å². The molecule has 0 atom stereocenters. The maximum atomic E-state index is 14.2. The smallest absolute Gasteiger partial charge is 0.207 e. The zero-order valence-corrected chi connectivity index (χ0v) is 47.1. The molecule has 5 aromatic rings. The second kappa shape index (κ2) is 26.4. The van der Waals surface area contributed by atoms with E-state index < -0.39 is 195 Å². The average Bonchev–Trinajstić information content (AvgIpc) is 3.27. The van der Waals surface area contributed by atoms with Gasteiger partial charge in [-0.1, -0.05) is 71.2 Å². The minimum absolute atomic E-state index is 0. The third-order valence-electron chi connectivity index (χ3n) is 12.3. The van der Waals surface area contributed by atoms with Gasteiger partial charge in [-0.15, -0.1) is 0 Å². The minimum Gasteiger partial charge on any atom is -0.207 e. The van der Waals surface area contributed by atoms with Gasteiger partial charge in [-0.3, -0.25) is 0 Å². The molecule has 455 valence electrons. The van der Waals surface area contributed by atoms with E-state index in [1.807, 2.05) is 0 Å². The predicted molar refractivity (Wildman–Crippen MR) is 261 cm³/mol. The molecule has 5 rings (SSSR count). The van der Waals surface area contributed by atoms with E-state index in [0.29, 0.717) is 0 Å². The molecule has 1 nitrogen and oxygen atoms in total. The molecule has 0 heterocycles. The Morgan fingerprint density at radius 3 is 0.580 bits per heavy atom. The van der Waals surface area contributed by atoms with Crippen molar-refractivity contribution in [1.29, 1.82) is 0 Å². The Hall–Kier alpha value is -4.14. The SMILES string of the molecule is CC(C)[PH+](C(C)C)N(C)[PH+](C(C)C)C(C)C.FC(F)(F)c1cc([B-](c2cc(C(F)(F)F)cc(C(F)(F)F)c2)(c2cc(C(F)(F)F)cc(C(F)(F)F)c2)c2cc(C(F)(F)F)cc(C(F)(F)F)c2)cc(C(F)(F)F)c1.Fc1ccccc1.[Rh]. The Labute approximate surface area is 464 Å². The third kappa shape index (κ3) is 18.9. The fraction of sp³-hybridized carbons (Fsp3) is 0.412. The summed E-state index contributed by atoms with van der Waals surface area (Å²) in [4.78, 5) is 0. The summed E-state index contributed by atoms with van der Waals surface area (Å²) in [6.07, 6.45) is -54.8. The summed E-state index contributed by atoms with van der Waals surface area (Å²) >= 11 is 0. The molecule has 81 heavy (non-hydrogen) atoms. The van der Waals surface area contributed by atoms with Gasteiger partial charge in [-0.05, 0) is 91.8 Å². The van der Waals surface area contributed by atoms with Crippen molar-refractivity contribution in [2.24, 2.45) is 0 Å². The van der Waals surface area contributed by atoms with Crippen LogP contribution in [0.5, 0.6) is 0 Å². The number of hydrogen-bond donors (Lipinski definition) is 0. The predicted octanol–water partition coefficient (Wildman–Crippen LogP) is 17.8. The number of benzene rings is 5. The first kappa shape index (κ1) is 73.0. The summed E-state index contributed by atoms with van der Waals surface area (Å²) in [6.45, 7) is 19.3. The molecule has 1 radical (unpaired) electrons. The van der Waals surface area contributed by atoms with Gasteiger partial charge >= 0.3 is 49.4 Å². The number of nitrogens with zero attached hydrogens (tertiary/aromatic N) is 1. The van der Waals surface area contributed by atoms with Crippen LogP contribution >= 0.6 is 16.1 Å². The molecule has 0 fully saturated rings. The molecule has 0 unspecified atom stereocenters. The van der Waals surface area contributed by atoms with E-state index >= 15 is 0 Å². The topological polar surface area (TPSA) is 3.24 Å². The summed E-state index contributed by atoms with van der Waals surface area (Å²) in [5.41, 5.74) is -26.8. The molecule has 0 saturated heterocycles. The standard InChI is InChI=1S/C32H12BF24.C13H31NP2.C6H5F.Rh/c34-25(35,36)13-1-14(26(37,38)39)6-21(5-13)33(22-7-15(27(40,41)42)2-16(8-22)28(43,44)45,23-9-17(29(46,47)48)3-18(10-23)30(49,50)51)24-11-19(31(52,53)54)4-20(12-24)32(55,56)57;1-10(2)15(11(3)4)14(9)16(12(5)6)13(7)8;7-6-4-2-1-3-5-6;/h1-12H;10-13H,1-9H3;1-5H;/q-1;;;/p+2. The van der Waals surface area contributed by atoms with Crippen LogP contribution in [-0.4, -0.2) is 40.3 Å². The molecule has 5 aromatic carbocycles. The number of halogens is 25. The van der Waals surface area contributed by atoms with Crippen molar-refractivity contribution >= 4 is 44.1 Å². The van der Waals surface area contributed by atoms with Gasteiger partial charge in [0.05, 0.1) is 74.2 Å². The van der Waals surface area contributed by atoms with Crippen molar-refractivity contribution in [3.05, 3.63) is 153 Å². The maximum Gasteiger partial charge on any atom is 0.416 e. The van der Waals surface area contributed by atoms with E-state index in [0.717, 1.165) is 22.6 Å². The number of hydrogen-bond acceptors (Lipinski definition) is 1. The molecule has 0 saturated carbocycles. The van der Waals surface area contributed by atoms with Crippen molar-refractivity contribution in [1.82, 2.24) is 4.44 Å². The molecule has 0 bridgehead atoms. The summed E-state index contributed by atoms with van der Waals surface area (Å²) in [7, 11) is 1.67. The Balaban J connectivity index is 0.000000772. The van der Waals surface area contributed by atoms with Gasteiger partial charge in [0.15, 0.2) is 0 Å². The van der Waals surface area contributed by atoms with Crippen LogP contribution in [-0.2, 0) is 68.9 Å². The summed E-state index contributed by atoms with van der Waals surface area (Å²) < 4.78 is 356. The van der Waals surface area contributed by atoms with E-state index in [2.05, 4.69) is 66.9 Å². The van der Waals surface area contributed by atoms with Crippen molar-refractivity contribution < 1.29 is 129 Å². The second-order valence-electron chi connectivity index (χ2n) is 19.5. The fourth-order valence-corrected chi connectivity index (χ4v) is 19.6. The Kier molecular flexibility index (Phi) is 23.8.